The summed E-state index contributed by atoms with van der Waals surface area (Å²) >= 11 is 0. The van der Waals surface area contributed by atoms with E-state index in [0.29, 0.717) is 6.61 Å². The van der Waals surface area contributed by atoms with Crippen molar-refractivity contribution < 1.29 is 47.4 Å². The summed E-state index contributed by atoms with van der Waals surface area (Å²) < 4.78 is 53.6. The minimum absolute atomic E-state index is 0.144. The van der Waals surface area contributed by atoms with Crippen molar-refractivity contribution in [2.75, 3.05) is 70.0 Å². The van der Waals surface area contributed by atoms with E-state index in [0.717, 1.165) is 0 Å². The van der Waals surface area contributed by atoms with Crippen LogP contribution >= 0.6 is 0 Å². The molecule has 2 aliphatic rings. The van der Waals surface area contributed by atoms with Crippen molar-refractivity contribution in [2.45, 2.75) is 61.3 Å². The maximum absolute atomic E-state index is 8.60. The minimum Gasteiger partial charge on any atom is -0.382 e. The van der Waals surface area contributed by atoms with Crippen molar-refractivity contribution in [3.05, 3.63) is 20.9 Å². The lowest BCUT2D eigenvalue weighted by Gasteiger charge is -2.43. The molecule has 2 rings (SSSR count). The molecule has 2 aliphatic heterocycles. The van der Waals surface area contributed by atoms with E-state index in [9.17, 15) is 0 Å². The van der Waals surface area contributed by atoms with Crippen LogP contribution in [0.5, 0.6) is 0 Å². The number of hydrogen-bond donors (Lipinski definition) is 0. The number of rotatable bonds is 12. The quantitative estimate of drug-likeness (QED) is 0.206. The van der Waals surface area contributed by atoms with E-state index < -0.39 is 49.1 Å². The fourth-order valence-corrected chi connectivity index (χ4v) is 4.26. The fourth-order valence-electron chi connectivity index (χ4n) is 4.26. The van der Waals surface area contributed by atoms with E-state index in [2.05, 4.69) is 20.1 Å². The summed E-state index contributed by atoms with van der Waals surface area (Å²) in [7, 11) is 12.3. The van der Waals surface area contributed by atoms with Gasteiger partial charge in [0.1, 0.15) is 36.6 Å². The van der Waals surface area contributed by atoms with Crippen LogP contribution in [0.25, 0.3) is 20.9 Å². The van der Waals surface area contributed by atoms with Crippen LogP contribution in [-0.4, -0.2) is 131 Å². The first-order valence-electron chi connectivity index (χ1n) is 11.0. The zero-order chi connectivity index (χ0) is 27.1. The molecule has 0 amide bonds. The van der Waals surface area contributed by atoms with Crippen LogP contribution in [0.1, 0.15) is 0 Å². The highest BCUT2D eigenvalue weighted by molar-refractivity contribution is 4.95. The Morgan fingerprint density at radius 1 is 0.611 bits per heavy atom. The van der Waals surface area contributed by atoms with Crippen molar-refractivity contribution in [3.63, 3.8) is 0 Å². The molecule has 0 bridgehead atoms. The first-order chi connectivity index (χ1) is 17.5. The van der Waals surface area contributed by atoms with Crippen LogP contribution in [0.4, 0.5) is 0 Å². The molecular formula is C20H38N6O10. The molecule has 0 radical (unpaired) electrons. The highest BCUT2D eigenvalue weighted by atomic mass is 16.7. The van der Waals surface area contributed by atoms with Gasteiger partial charge in [-0.15, -0.1) is 0 Å². The molecule has 208 valence electrons. The van der Waals surface area contributed by atoms with Gasteiger partial charge < -0.3 is 47.4 Å². The molecule has 2 heterocycles. The van der Waals surface area contributed by atoms with Gasteiger partial charge in [0.2, 0.25) is 0 Å². The average molecular weight is 523 g/mol. The minimum atomic E-state index is -0.683. The molecule has 2 saturated heterocycles. The van der Waals surface area contributed by atoms with E-state index in [1.807, 2.05) is 0 Å². The standard InChI is InChI=1S/2C10H19N3O5/c1-14-5-6-8(15-2)9(16-3)7(12-13-11)10(17-4)18-6;1-14-7-6(5-12-13-11)18-10(17-4)9(16-3)8(7)15-2/h2*6-10H,5H2,1-4H3. The van der Waals surface area contributed by atoms with Gasteiger partial charge in [-0.2, -0.15) is 0 Å². The number of azide groups is 2. The second kappa shape index (κ2) is 17.6. The van der Waals surface area contributed by atoms with Gasteiger partial charge in [-0.25, -0.2) is 0 Å². The molecule has 0 aliphatic carbocycles. The Balaban J connectivity index is 0.000000360. The van der Waals surface area contributed by atoms with Gasteiger partial charge in [0.15, 0.2) is 12.6 Å². The topological polar surface area (TPSA) is 190 Å². The largest absolute Gasteiger partial charge is 0.382 e. The van der Waals surface area contributed by atoms with Crippen molar-refractivity contribution in [2.24, 2.45) is 10.2 Å². The normalized spacial score (nSPS) is 36.1. The zero-order valence-electron chi connectivity index (χ0n) is 22.0. The molecule has 0 aromatic heterocycles. The third-order valence-corrected chi connectivity index (χ3v) is 5.87. The maximum Gasteiger partial charge on any atom is 0.186 e. The molecule has 2 fully saturated rings. The lowest BCUT2D eigenvalue weighted by molar-refractivity contribution is -0.300. The SMILES string of the molecule is COC1OC(CN=[N+]=[N-])C(OC)C(OC)C1OC.COCC1OC(OC)C(N=[N+]=[N-])C(OC)C1OC. The fraction of sp³-hybridized carbons (Fsp3) is 1.00. The summed E-state index contributed by atoms with van der Waals surface area (Å²) in [6.07, 6.45) is -4.07. The van der Waals surface area contributed by atoms with Crippen LogP contribution in [-0.2, 0) is 47.4 Å². The Bertz CT molecular complexity index is 708. The summed E-state index contributed by atoms with van der Waals surface area (Å²) in [4.78, 5) is 5.51. The molecule has 0 aromatic carbocycles. The predicted molar refractivity (Wildman–Crippen MR) is 124 cm³/mol. The molecule has 16 nitrogen and oxygen atoms in total. The number of methoxy groups -OCH3 is 8. The van der Waals surface area contributed by atoms with Gasteiger partial charge in [-0.3, -0.25) is 0 Å². The van der Waals surface area contributed by atoms with Gasteiger partial charge >= 0.3 is 0 Å². The summed E-state index contributed by atoms with van der Waals surface area (Å²) in [5.41, 5.74) is 17.0. The molecule has 16 heteroatoms. The van der Waals surface area contributed by atoms with E-state index in [1.165, 1.54) is 21.3 Å². The van der Waals surface area contributed by atoms with Gasteiger partial charge in [-0.05, 0) is 11.1 Å². The van der Waals surface area contributed by atoms with Crippen LogP contribution in [0.2, 0.25) is 0 Å². The Hall–Kier alpha value is -1.78. The third kappa shape index (κ3) is 8.11. The highest BCUT2D eigenvalue weighted by Crippen LogP contribution is 2.29. The predicted octanol–water partition coefficient (Wildman–Crippen LogP) is 1.43. The molecule has 0 aromatic rings. The molecule has 10 atom stereocenters. The lowest BCUT2D eigenvalue weighted by Crippen LogP contribution is -2.60. The molecule has 0 N–H and O–H groups in total. The molecule has 0 saturated carbocycles. The van der Waals surface area contributed by atoms with Crippen LogP contribution in [0.15, 0.2) is 10.2 Å². The summed E-state index contributed by atoms with van der Waals surface area (Å²) in [5, 5.41) is 7.17. The van der Waals surface area contributed by atoms with E-state index in [1.54, 1.807) is 35.5 Å². The second-order valence-corrected chi connectivity index (χ2v) is 7.62. The van der Waals surface area contributed by atoms with Crippen molar-refractivity contribution in [3.8, 4) is 0 Å². The van der Waals surface area contributed by atoms with E-state index in [-0.39, 0.29) is 18.8 Å². The Kier molecular flexibility index (Phi) is 15.8. The molecule has 36 heavy (non-hydrogen) atoms. The highest BCUT2D eigenvalue weighted by Gasteiger charge is 2.47. The van der Waals surface area contributed by atoms with Crippen LogP contribution in [0, 0.1) is 0 Å². The smallest absolute Gasteiger partial charge is 0.186 e. The zero-order valence-corrected chi connectivity index (χ0v) is 22.0. The van der Waals surface area contributed by atoms with Crippen LogP contribution < -0.4 is 0 Å². The Labute approximate surface area is 210 Å². The van der Waals surface area contributed by atoms with Gasteiger partial charge in [0.25, 0.3) is 0 Å². The summed E-state index contributed by atoms with van der Waals surface area (Å²) in [5.74, 6) is 0. The van der Waals surface area contributed by atoms with Gasteiger partial charge in [0.05, 0.1) is 25.4 Å². The van der Waals surface area contributed by atoms with Crippen molar-refractivity contribution in [1.82, 2.24) is 0 Å². The second-order valence-electron chi connectivity index (χ2n) is 7.62. The van der Waals surface area contributed by atoms with Crippen molar-refractivity contribution >= 4 is 0 Å². The van der Waals surface area contributed by atoms with E-state index in [4.69, 9.17) is 58.4 Å². The molecular weight excluding hydrogens is 484 g/mol. The van der Waals surface area contributed by atoms with Gasteiger partial charge in [0, 0.05) is 66.7 Å². The monoisotopic (exact) mass is 522 g/mol. The van der Waals surface area contributed by atoms with E-state index >= 15 is 0 Å². The Morgan fingerprint density at radius 2 is 1.14 bits per heavy atom. The number of hydrogen-bond acceptors (Lipinski definition) is 12. The summed E-state index contributed by atoms with van der Waals surface area (Å²) in [6.45, 7) is 0.479. The molecule has 0 spiro atoms. The lowest BCUT2D eigenvalue weighted by atomic mass is 9.97. The average Bonchev–Trinajstić information content (AvgIpc) is 2.91. The molecule has 10 unspecified atom stereocenters. The first-order valence-corrected chi connectivity index (χ1v) is 11.0. The van der Waals surface area contributed by atoms with Crippen LogP contribution in [0.3, 0.4) is 0 Å². The van der Waals surface area contributed by atoms with Gasteiger partial charge in [-0.1, -0.05) is 10.2 Å². The third-order valence-electron chi connectivity index (χ3n) is 5.87. The first kappa shape index (κ1) is 32.2. The summed E-state index contributed by atoms with van der Waals surface area (Å²) in [6, 6.07) is -0.608. The maximum atomic E-state index is 8.60. The van der Waals surface area contributed by atoms with Crippen molar-refractivity contribution in [1.29, 1.82) is 0 Å². The Morgan fingerprint density at radius 3 is 1.58 bits per heavy atom. The number of ether oxygens (including phenoxy) is 10. The number of nitrogens with zero attached hydrogens (tertiary/aromatic N) is 6.